The van der Waals surface area contributed by atoms with E-state index in [0.29, 0.717) is 6.42 Å². The van der Waals surface area contributed by atoms with Crippen molar-refractivity contribution in [3.05, 3.63) is 18.0 Å². The molecule has 1 aliphatic carbocycles. The van der Waals surface area contributed by atoms with Crippen LogP contribution in [0.3, 0.4) is 0 Å². The molecule has 1 aromatic rings. The lowest BCUT2D eigenvalue weighted by molar-refractivity contribution is -0.121. The minimum Gasteiger partial charge on any atom is -0.356 e. The van der Waals surface area contributed by atoms with Crippen molar-refractivity contribution < 1.29 is 4.79 Å². The van der Waals surface area contributed by atoms with Crippen molar-refractivity contribution in [3.63, 3.8) is 0 Å². The molecule has 1 fully saturated rings. The van der Waals surface area contributed by atoms with Gasteiger partial charge >= 0.3 is 0 Å². The molecule has 15 heavy (non-hydrogen) atoms. The fourth-order valence-corrected chi connectivity index (χ4v) is 1.53. The molecule has 0 bridgehead atoms. The van der Waals surface area contributed by atoms with E-state index in [-0.39, 0.29) is 5.91 Å². The van der Waals surface area contributed by atoms with Crippen molar-refractivity contribution in [3.8, 4) is 0 Å². The molecule has 0 saturated heterocycles. The zero-order chi connectivity index (χ0) is 10.7. The normalized spacial score (nSPS) is 15.3. The van der Waals surface area contributed by atoms with Gasteiger partial charge in [0.2, 0.25) is 5.91 Å². The monoisotopic (exact) mass is 207 g/mol. The highest BCUT2D eigenvalue weighted by atomic mass is 16.1. The first kappa shape index (κ1) is 10.2. The fraction of sp³-hybridized carbons (Fsp3) is 0.636. The maximum absolute atomic E-state index is 11.4. The van der Waals surface area contributed by atoms with Crippen LogP contribution < -0.4 is 5.32 Å². The van der Waals surface area contributed by atoms with Gasteiger partial charge in [0, 0.05) is 26.2 Å². The molecule has 1 aliphatic rings. The quantitative estimate of drug-likeness (QED) is 0.779. The van der Waals surface area contributed by atoms with Crippen LogP contribution in [0.5, 0.6) is 0 Å². The lowest BCUT2D eigenvalue weighted by atomic mass is 10.2. The molecule has 0 spiro atoms. The Morgan fingerprint density at radius 2 is 2.47 bits per heavy atom. The van der Waals surface area contributed by atoms with Crippen LogP contribution in [-0.4, -0.2) is 22.2 Å². The van der Waals surface area contributed by atoms with Crippen LogP contribution in [0.2, 0.25) is 0 Å². The number of nitrogens with zero attached hydrogens (tertiary/aromatic N) is 2. The minimum absolute atomic E-state index is 0.158. The van der Waals surface area contributed by atoms with E-state index in [0.717, 1.165) is 24.4 Å². The second kappa shape index (κ2) is 4.47. The van der Waals surface area contributed by atoms with E-state index < -0.39 is 0 Å². The van der Waals surface area contributed by atoms with E-state index in [2.05, 4.69) is 10.4 Å². The standard InChI is InChI=1S/C11H17N3O/c1-14-8-10(7-13-14)4-5-11(15)12-6-9-2-3-9/h7-9H,2-6H2,1H3,(H,12,15). The first-order valence-electron chi connectivity index (χ1n) is 5.48. The topological polar surface area (TPSA) is 46.9 Å². The van der Waals surface area contributed by atoms with Crippen LogP contribution in [-0.2, 0) is 18.3 Å². The number of carbonyl (C=O) groups excluding carboxylic acids is 1. The van der Waals surface area contributed by atoms with E-state index in [1.165, 1.54) is 12.8 Å². The lowest BCUT2D eigenvalue weighted by Gasteiger charge is -2.02. The van der Waals surface area contributed by atoms with Crippen molar-refractivity contribution in [2.24, 2.45) is 13.0 Å². The van der Waals surface area contributed by atoms with E-state index in [4.69, 9.17) is 0 Å². The molecule has 1 aromatic heterocycles. The average Bonchev–Trinajstić information content (AvgIpc) is 2.95. The van der Waals surface area contributed by atoms with Gasteiger partial charge in [-0.1, -0.05) is 0 Å². The van der Waals surface area contributed by atoms with Gasteiger partial charge in [0.15, 0.2) is 0 Å². The van der Waals surface area contributed by atoms with E-state index in [1.54, 1.807) is 4.68 Å². The Kier molecular flexibility index (Phi) is 3.04. The number of aromatic nitrogens is 2. The van der Waals surface area contributed by atoms with Crippen LogP contribution in [0.4, 0.5) is 0 Å². The van der Waals surface area contributed by atoms with Gasteiger partial charge < -0.3 is 5.32 Å². The van der Waals surface area contributed by atoms with Crippen molar-refractivity contribution >= 4 is 5.91 Å². The van der Waals surface area contributed by atoms with Crippen LogP contribution >= 0.6 is 0 Å². The molecular weight excluding hydrogens is 190 g/mol. The van der Waals surface area contributed by atoms with Crippen LogP contribution in [0.15, 0.2) is 12.4 Å². The molecule has 4 heteroatoms. The number of nitrogens with one attached hydrogen (secondary N) is 1. The molecule has 0 unspecified atom stereocenters. The third kappa shape index (κ3) is 3.38. The van der Waals surface area contributed by atoms with Crippen molar-refractivity contribution in [1.29, 1.82) is 0 Å². The van der Waals surface area contributed by atoms with Gasteiger partial charge in [0.1, 0.15) is 0 Å². The second-order valence-corrected chi connectivity index (χ2v) is 4.27. The second-order valence-electron chi connectivity index (χ2n) is 4.27. The minimum atomic E-state index is 0.158. The van der Waals surface area contributed by atoms with Gasteiger partial charge in [0.05, 0.1) is 6.20 Å². The third-order valence-electron chi connectivity index (χ3n) is 2.68. The van der Waals surface area contributed by atoms with E-state index in [9.17, 15) is 4.79 Å². The molecule has 82 valence electrons. The van der Waals surface area contributed by atoms with E-state index >= 15 is 0 Å². The number of amides is 1. The summed E-state index contributed by atoms with van der Waals surface area (Å²) >= 11 is 0. The third-order valence-corrected chi connectivity index (χ3v) is 2.68. The molecule has 2 rings (SSSR count). The predicted molar refractivity (Wildman–Crippen MR) is 57.3 cm³/mol. The lowest BCUT2D eigenvalue weighted by Crippen LogP contribution is -2.25. The Hall–Kier alpha value is -1.32. The van der Waals surface area contributed by atoms with Crippen molar-refractivity contribution in [1.82, 2.24) is 15.1 Å². The van der Waals surface area contributed by atoms with Crippen LogP contribution in [0.25, 0.3) is 0 Å². The number of rotatable bonds is 5. The summed E-state index contributed by atoms with van der Waals surface area (Å²) in [5, 5.41) is 7.02. The largest absolute Gasteiger partial charge is 0.356 e. The Labute approximate surface area is 89.7 Å². The summed E-state index contributed by atoms with van der Waals surface area (Å²) in [4.78, 5) is 11.4. The van der Waals surface area contributed by atoms with Gasteiger partial charge in [-0.3, -0.25) is 9.48 Å². The molecule has 1 amide bonds. The summed E-state index contributed by atoms with van der Waals surface area (Å²) in [6.07, 6.45) is 7.68. The molecule has 0 aliphatic heterocycles. The Morgan fingerprint density at radius 1 is 1.67 bits per heavy atom. The number of aryl methyl sites for hydroxylation is 2. The Balaban J connectivity index is 1.65. The van der Waals surface area contributed by atoms with Gasteiger partial charge in [-0.05, 0) is 30.7 Å². The summed E-state index contributed by atoms with van der Waals surface area (Å²) in [6, 6.07) is 0. The van der Waals surface area contributed by atoms with Gasteiger partial charge in [-0.15, -0.1) is 0 Å². The van der Waals surface area contributed by atoms with Crippen molar-refractivity contribution in [2.45, 2.75) is 25.7 Å². The first-order valence-corrected chi connectivity index (χ1v) is 5.48. The van der Waals surface area contributed by atoms with Gasteiger partial charge in [0.25, 0.3) is 0 Å². The molecule has 1 N–H and O–H groups in total. The first-order chi connectivity index (χ1) is 7.24. The molecule has 1 heterocycles. The Morgan fingerprint density at radius 3 is 3.07 bits per heavy atom. The molecular formula is C11H17N3O. The number of carbonyl (C=O) groups is 1. The highest BCUT2D eigenvalue weighted by molar-refractivity contribution is 5.76. The number of hydrogen-bond acceptors (Lipinski definition) is 2. The maximum Gasteiger partial charge on any atom is 0.220 e. The predicted octanol–water partition coefficient (Wildman–Crippen LogP) is 0.879. The molecule has 0 atom stereocenters. The zero-order valence-corrected chi connectivity index (χ0v) is 9.07. The highest BCUT2D eigenvalue weighted by Gasteiger charge is 2.21. The summed E-state index contributed by atoms with van der Waals surface area (Å²) in [6.45, 7) is 0.867. The highest BCUT2D eigenvalue weighted by Crippen LogP contribution is 2.27. The average molecular weight is 207 g/mol. The van der Waals surface area contributed by atoms with Crippen LogP contribution in [0, 0.1) is 5.92 Å². The summed E-state index contributed by atoms with van der Waals surface area (Å²) in [5.74, 6) is 0.915. The zero-order valence-electron chi connectivity index (χ0n) is 9.07. The SMILES string of the molecule is Cn1cc(CCC(=O)NCC2CC2)cn1. The van der Waals surface area contributed by atoms with E-state index in [1.807, 2.05) is 19.4 Å². The maximum atomic E-state index is 11.4. The number of hydrogen-bond donors (Lipinski definition) is 1. The summed E-state index contributed by atoms with van der Waals surface area (Å²) in [7, 11) is 1.89. The smallest absolute Gasteiger partial charge is 0.220 e. The van der Waals surface area contributed by atoms with Gasteiger partial charge in [-0.25, -0.2) is 0 Å². The molecule has 1 saturated carbocycles. The van der Waals surface area contributed by atoms with Gasteiger partial charge in [-0.2, -0.15) is 5.10 Å². The molecule has 0 aromatic carbocycles. The van der Waals surface area contributed by atoms with Crippen LogP contribution in [0.1, 0.15) is 24.8 Å². The Bertz CT molecular complexity index is 341. The summed E-state index contributed by atoms with van der Waals surface area (Å²) < 4.78 is 1.76. The molecule has 4 nitrogen and oxygen atoms in total. The van der Waals surface area contributed by atoms with Crippen molar-refractivity contribution in [2.75, 3.05) is 6.54 Å². The summed E-state index contributed by atoms with van der Waals surface area (Å²) in [5.41, 5.74) is 1.12. The molecule has 0 radical (unpaired) electrons. The fourth-order valence-electron chi connectivity index (χ4n) is 1.53.